The fourth-order valence-corrected chi connectivity index (χ4v) is 4.31. The number of ketones is 1. The van der Waals surface area contributed by atoms with E-state index in [-0.39, 0.29) is 24.7 Å². The zero-order valence-electron chi connectivity index (χ0n) is 14.8. The fraction of sp³-hybridized carbons (Fsp3) is 0.737. The minimum absolute atomic E-state index is 0.0498. The first-order chi connectivity index (χ1) is 11.4. The molecule has 134 valence electrons. The van der Waals surface area contributed by atoms with E-state index in [2.05, 4.69) is 9.47 Å². The summed E-state index contributed by atoms with van der Waals surface area (Å²) in [6, 6.07) is 2.05. The normalized spacial score (nSPS) is 22.7. The highest BCUT2D eigenvalue weighted by Crippen LogP contribution is 2.40. The molecule has 5 heteroatoms. The molecule has 24 heavy (non-hydrogen) atoms. The number of halogens is 2. The van der Waals surface area contributed by atoms with E-state index in [9.17, 15) is 13.6 Å². The van der Waals surface area contributed by atoms with Gasteiger partial charge < -0.3 is 4.57 Å². The molecule has 2 heterocycles. The number of aromatic nitrogens is 1. The van der Waals surface area contributed by atoms with E-state index in [1.54, 1.807) is 0 Å². The van der Waals surface area contributed by atoms with Crippen LogP contribution >= 0.6 is 0 Å². The summed E-state index contributed by atoms with van der Waals surface area (Å²) in [5, 5.41) is 0. The lowest BCUT2D eigenvalue weighted by molar-refractivity contribution is -0.0442. The maximum Gasteiger partial charge on any atom is 0.248 e. The van der Waals surface area contributed by atoms with Gasteiger partial charge in [0.05, 0.1) is 6.54 Å². The number of aryl methyl sites for hydroxylation is 1. The van der Waals surface area contributed by atoms with E-state index in [1.807, 2.05) is 19.9 Å². The number of Topliss-reactive ketones (excluding diaryl/α,β-unsaturated/α-hetero) is 1. The standard InChI is InChI=1S/C19H28F2N2O/c1-14-12-17(18(24)13-22-10-4-3-5-11-22)15(2)23(14)16-6-8-19(20,21)9-7-16/h12,16H,3-11,13H2,1-2H3. The zero-order chi connectivity index (χ0) is 17.3. The van der Waals surface area contributed by atoms with Crippen molar-refractivity contribution in [3.05, 3.63) is 23.0 Å². The highest BCUT2D eigenvalue weighted by atomic mass is 19.3. The Morgan fingerprint density at radius 3 is 2.42 bits per heavy atom. The summed E-state index contributed by atoms with van der Waals surface area (Å²) in [4.78, 5) is 14.9. The molecular weight excluding hydrogens is 310 g/mol. The molecule has 1 saturated heterocycles. The molecule has 0 amide bonds. The molecule has 3 nitrogen and oxygen atoms in total. The van der Waals surface area contributed by atoms with Crippen molar-refractivity contribution in [2.45, 2.75) is 70.8 Å². The number of nitrogens with zero attached hydrogens (tertiary/aromatic N) is 2. The maximum absolute atomic E-state index is 13.4. The number of hydrogen-bond donors (Lipinski definition) is 0. The van der Waals surface area contributed by atoms with Gasteiger partial charge in [-0.15, -0.1) is 0 Å². The topological polar surface area (TPSA) is 25.2 Å². The largest absolute Gasteiger partial charge is 0.345 e. The van der Waals surface area contributed by atoms with E-state index in [0.717, 1.165) is 30.0 Å². The van der Waals surface area contributed by atoms with E-state index >= 15 is 0 Å². The second-order valence-electron chi connectivity index (χ2n) is 7.50. The highest BCUT2D eigenvalue weighted by Gasteiger charge is 2.36. The maximum atomic E-state index is 13.4. The van der Waals surface area contributed by atoms with Gasteiger partial charge in [0.1, 0.15) is 0 Å². The number of likely N-dealkylation sites (tertiary alicyclic amines) is 1. The van der Waals surface area contributed by atoms with Crippen LogP contribution in [0.25, 0.3) is 0 Å². The minimum Gasteiger partial charge on any atom is -0.345 e. The van der Waals surface area contributed by atoms with Crippen molar-refractivity contribution in [3.8, 4) is 0 Å². The Kier molecular flexibility index (Phi) is 5.09. The van der Waals surface area contributed by atoms with Crippen LogP contribution in [0.5, 0.6) is 0 Å². The highest BCUT2D eigenvalue weighted by molar-refractivity contribution is 5.99. The van der Waals surface area contributed by atoms with Gasteiger partial charge in [0.2, 0.25) is 5.92 Å². The average Bonchev–Trinajstić information content (AvgIpc) is 2.84. The molecule has 1 aromatic rings. The van der Waals surface area contributed by atoms with Gasteiger partial charge in [-0.05, 0) is 58.7 Å². The Morgan fingerprint density at radius 1 is 1.17 bits per heavy atom. The lowest BCUT2D eigenvalue weighted by atomic mass is 9.92. The molecule has 1 saturated carbocycles. The molecule has 0 radical (unpaired) electrons. The Labute approximate surface area is 143 Å². The molecule has 1 aliphatic heterocycles. The first kappa shape index (κ1) is 17.6. The van der Waals surface area contributed by atoms with E-state index in [4.69, 9.17) is 0 Å². The van der Waals surface area contributed by atoms with Crippen LogP contribution in [0.15, 0.2) is 6.07 Å². The van der Waals surface area contributed by atoms with Gasteiger partial charge in [-0.1, -0.05) is 6.42 Å². The number of piperidine rings is 1. The molecule has 2 fully saturated rings. The number of hydrogen-bond acceptors (Lipinski definition) is 2. The van der Waals surface area contributed by atoms with E-state index in [0.29, 0.717) is 19.4 Å². The molecule has 0 N–H and O–H groups in total. The predicted octanol–water partition coefficient (Wildman–Crippen LogP) is 4.52. The third kappa shape index (κ3) is 3.71. The molecular formula is C19H28F2N2O. The number of carbonyl (C=O) groups is 1. The van der Waals surface area contributed by atoms with Gasteiger partial charge >= 0.3 is 0 Å². The van der Waals surface area contributed by atoms with Crippen LogP contribution < -0.4 is 0 Å². The van der Waals surface area contributed by atoms with E-state index < -0.39 is 5.92 Å². The van der Waals surface area contributed by atoms with Gasteiger partial charge in [-0.2, -0.15) is 0 Å². The molecule has 0 atom stereocenters. The number of alkyl halides is 2. The van der Waals surface area contributed by atoms with Crippen molar-refractivity contribution in [1.82, 2.24) is 9.47 Å². The fourth-order valence-electron chi connectivity index (χ4n) is 4.31. The smallest absolute Gasteiger partial charge is 0.248 e. The lowest BCUT2D eigenvalue weighted by Crippen LogP contribution is -2.34. The van der Waals surface area contributed by atoms with Gasteiger partial charge in [0.25, 0.3) is 0 Å². The summed E-state index contributed by atoms with van der Waals surface area (Å²) in [5.74, 6) is -2.35. The lowest BCUT2D eigenvalue weighted by Gasteiger charge is -2.31. The monoisotopic (exact) mass is 338 g/mol. The van der Waals surface area contributed by atoms with E-state index in [1.165, 1.54) is 19.3 Å². The van der Waals surface area contributed by atoms with Crippen LogP contribution in [0.3, 0.4) is 0 Å². The number of carbonyl (C=O) groups excluding carboxylic acids is 1. The molecule has 2 aliphatic rings. The summed E-state index contributed by atoms with van der Waals surface area (Å²) in [7, 11) is 0. The average molecular weight is 338 g/mol. The molecule has 0 unspecified atom stereocenters. The Hall–Kier alpha value is -1.23. The van der Waals surface area contributed by atoms with Crippen LogP contribution in [-0.2, 0) is 0 Å². The van der Waals surface area contributed by atoms with Crippen molar-refractivity contribution in [2.24, 2.45) is 0 Å². The van der Waals surface area contributed by atoms with Crippen LogP contribution in [-0.4, -0.2) is 40.8 Å². The molecule has 0 aromatic carbocycles. The Balaban J connectivity index is 1.73. The summed E-state index contributed by atoms with van der Waals surface area (Å²) < 4.78 is 29.0. The minimum atomic E-state index is -2.52. The van der Waals surface area contributed by atoms with Crippen LogP contribution in [0.4, 0.5) is 8.78 Å². The van der Waals surface area contributed by atoms with Gasteiger partial charge in [-0.25, -0.2) is 8.78 Å². The quantitative estimate of drug-likeness (QED) is 0.754. The molecule has 0 spiro atoms. The van der Waals surface area contributed by atoms with Crippen molar-refractivity contribution in [3.63, 3.8) is 0 Å². The first-order valence-corrected chi connectivity index (χ1v) is 9.19. The SMILES string of the molecule is Cc1cc(C(=O)CN2CCCCC2)c(C)n1C1CCC(F)(F)CC1. The Bertz CT molecular complexity index is 593. The first-order valence-electron chi connectivity index (χ1n) is 9.19. The second kappa shape index (κ2) is 6.95. The molecule has 1 aliphatic carbocycles. The van der Waals surface area contributed by atoms with Gasteiger partial charge in [0, 0.05) is 35.8 Å². The summed E-state index contributed by atoms with van der Waals surface area (Å²) in [6.45, 7) is 6.43. The predicted molar refractivity (Wildman–Crippen MR) is 91.0 cm³/mol. The van der Waals surface area contributed by atoms with Gasteiger partial charge in [-0.3, -0.25) is 9.69 Å². The molecule has 1 aromatic heterocycles. The van der Waals surface area contributed by atoms with Crippen molar-refractivity contribution < 1.29 is 13.6 Å². The van der Waals surface area contributed by atoms with Crippen LogP contribution in [0, 0.1) is 13.8 Å². The number of rotatable bonds is 4. The third-order valence-corrected chi connectivity index (χ3v) is 5.65. The molecule has 0 bridgehead atoms. The van der Waals surface area contributed by atoms with Crippen molar-refractivity contribution in [2.75, 3.05) is 19.6 Å². The van der Waals surface area contributed by atoms with Crippen LogP contribution in [0.1, 0.15) is 72.7 Å². The van der Waals surface area contributed by atoms with Crippen molar-refractivity contribution >= 4 is 5.78 Å². The zero-order valence-corrected chi connectivity index (χ0v) is 14.8. The second-order valence-corrected chi connectivity index (χ2v) is 7.50. The third-order valence-electron chi connectivity index (χ3n) is 5.65. The molecule has 3 rings (SSSR count). The van der Waals surface area contributed by atoms with Gasteiger partial charge in [0.15, 0.2) is 5.78 Å². The van der Waals surface area contributed by atoms with Crippen LogP contribution in [0.2, 0.25) is 0 Å². The summed E-state index contributed by atoms with van der Waals surface area (Å²) in [6.07, 6.45) is 4.47. The van der Waals surface area contributed by atoms with Crippen molar-refractivity contribution in [1.29, 1.82) is 0 Å². The summed E-state index contributed by atoms with van der Waals surface area (Å²) >= 11 is 0. The summed E-state index contributed by atoms with van der Waals surface area (Å²) in [5.41, 5.74) is 2.74. The Morgan fingerprint density at radius 2 is 1.79 bits per heavy atom.